The van der Waals surface area contributed by atoms with E-state index in [1.54, 1.807) is 23.9 Å². The maximum Gasteiger partial charge on any atom is 0.234 e. The number of anilines is 1. The molecule has 0 aliphatic heterocycles. The molecular weight excluding hydrogens is 412 g/mol. The summed E-state index contributed by atoms with van der Waals surface area (Å²) >= 11 is 9.18. The molecule has 28 heavy (non-hydrogen) atoms. The van der Waals surface area contributed by atoms with Crippen LogP contribution in [0.25, 0.3) is 0 Å². The molecule has 0 saturated heterocycles. The Morgan fingerprint density at radius 1 is 1.11 bits per heavy atom. The van der Waals surface area contributed by atoms with Gasteiger partial charge in [-0.1, -0.05) is 53.2 Å². The van der Waals surface area contributed by atoms with Crippen molar-refractivity contribution in [2.45, 2.75) is 36.2 Å². The summed E-state index contributed by atoms with van der Waals surface area (Å²) < 4.78 is 2.05. The van der Waals surface area contributed by atoms with Crippen LogP contribution in [0.5, 0.6) is 0 Å². The molecule has 0 aliphatic carbocycles. The fourth-order valence-corrected chi connectivity index (χ4v) is 4.35. The second kappa shape index (κ2) is 10.0. The van der Waals surface area contributed by atoms with Crippen molar-refractivity contribution in [1.82, 2.24) is 14.8 Å². The number of nitrogens with zero attached hydrogens (tertiary/aromatic N) is 3. The van der Waals surface area contributed by atoms with E-state index in [4.69, 9.17) is 11.6 Å². The topological polar surface area (TPSA) is 59.8 Å². The molecule has 5 nitrogen and oxygen atoms in total. The van der Waals surface area contributed by atoms with Crippen molar-refractivity contribution < 1.29 is 4.79 Å². The molecule has 2 aromatic carbocycles. The van der Waals surface area contributed by atoms with Crippen LogP contribution in [0.3, 0.4) is 0 Å². The van der Waals surface area contributed by atoms with Crippen LogP contribution in [0, 0.1) is 6.92 Å². The van der Waals surface area contributed by atoms with Crippen LogP contribution < -0.4 is 5.32 Å². The first-order valence-electron chi connectivity index (χ1n) is 8.85. The van der Waals surface area contributed by atoms with E-state index in [-0.39, 0.29) is 11.7 Å². The highest BCUT2D eigenvalue weighted by atomic mass is 35.5. The van der Waals surface area contributed by atoms with Gasteiger partial charge in [-0.2, -0.15) is 0 Å². The van der Waals surface area contributed by atoms with Gasteiger partial charge in [0, 0.05) is 11.4 Å². The van der Waals surface area contributed by atoms with Crippen LogP contribution in [0.2, 0.25) is 5.02 Å². The zero-order valence-corrected chi connectivity index (χ0v) is 18.1. The fourth-order valence-electron chi connectivity index (χ4n) is 2.51. The lowest BCUT2D eigenvalue weighted by atomic mass is 10.2. The third kappa shape index (κ3) is 5.53. The lowest BCUT2D eigenvalue weighted by Crippen LogP contribution is -2.15. The number of para-hydroxylation sites is 1. The van der Waals surface area contributed by atoms with E-state index in [9.17, 15) is 4.79 Å². The lowest BCUT2D eigenvalue weighted by molar-refractivity contribution is -0.113. The number of carbonyl (C=O) groups excluding carboxylic acids is 1. The molecule has 0 aliphatic rings. The molecule has 0 atom stereocenters. The number of nitrogens with one attached hydrogen (secondary N) is 1. The molecular formula is C20H21ClN4OS2. The molecule has 0 radical (unpaired) electrons. The van der Waals surface area contributed by atoms with Gasteiger partial charge in [-0.3, -0.25) is 4.79 Å². The van der Waals surface area contributed by atoms with Gasteiger partial charge in [0.15, 0.2) is 5.16 Å². The van der Waals surface area contributed by atoms with Crippen molar-refractivity contribution in [1.29, 1.82) is 0 Å². The standard InChI is InChI=1S/C20H21ClN4OS2/c1-3-25-18(12-27-15-10-8-14(2)9-11-15)23-24-20(25)28-13-19(26)22-17-7-5-4-6-16(17)21/h4-11H,3,12-13H2,1-2H3,(H,22,26). The van der Waals surface area contributed by atoms with Gasteiger partial charge in [0.1, 0.15) is 5.82 Å². The van der Waals surface area contributed by atoms with E-state index < -0.39 is 0 Å². The predicted molar refractivity (Wildman–Crippen MR) is 117 cm³/mol. The van der Waals surface area contributed by atoms with Crippen LogP contribution in [0.4, 0.5) is 5.69 Å². The summed E-state index contributed by atoms with van der Waals surface area (Å²) in [5.74, 6) is 1.76. The molecule has 1 amide bonds. The minimum atomic E-state index is -0.126. The number of carbonyl (C=O) groups is 1. The first kappa shape index (κ1) is 20.8. The van der Waals surface area contributed by atoms with Gasteiger partial charge < -0.3 is 9.88 Å². The Labute approximate surface area is 178 Å². The average Bonchev–Trinajstić information content (AvgIpc) is 3.09. The number of aryl methyl sites for hydroxylation is 1. The van der Waals surface area contributed by atoms with E-state index in [2.05, 4.69) is 58.2 Å². The molecule has 3 aromatic rings. The smallest absolute Gasteiger partial charge is 0.234 e. The van der Waals surface area contributed by atoms with Gasteiger partial charge in [0.05, 0.1) is 22.2 Å². The van der Waals surface area contributed by atoms with Crippen molar-refractivity contribution in [3.05, 3.63) is 64.9 Å². The van der Waals surface area contributed by atoms with Crippen LogP contribution in [0.1, 0.15) is 18.3 Å². The predicted octanol–water partition coefficient (Wildman–Crippen LogP) is 5.28. The Bertz CT molecular complexity index is 944. The fraction of sp³-hybridized carbons (Fsp3) is 0.250. The summed E-state index contributed by atoms with van der Waals surface area (Å²) in [6.07, 6.45) is 0. The minimum Gasteiger partial charge on any atom is -0.324 e. The first-order valence-corrected chi connectivity index (χ1v) is 11.2. The zero-order chi connectivity index (χ0) is 19.9. The Hall–Kier alpha value is -1.96. The van der Waals surface area contributed by atoms with Crippen molar-refractivity contribution >= 4 is 46.7 Å². The van der Waals surface area contributed by atoms with Crippen molar-refractivity contribution in [2.24, 2.45) is 0 Å². The third-order valence-corrected chi connectivity index (χ3v) is 6.28. The lowest BCUT2D eigenvalue weighted by Gasteiger charge is -2.08. The Balaban J connectivity index is 1.58. The summed E-state index contributed by atoms with van der Waals surface area (Å²) in [6, 6.07) is 15.6. The maximum absolute atomic E-state index is 12.2. The quantitative estimate of drug-likeness (QED) is 0.490. The Morgan fingerprint density at radius 2 is 1.86 bits per heavy atom. The van der Waals surface area contributed by atoms with Crippen LogP contribution in [-0.4, -0.2) is 26.4 Å². The molecule has 1 heterocycles. The number of halogens is 1. The molecule has 8 heteroatoms. The minimum absolute atomic E-state index is 0.126. The molecule has 146 valence electrons. The first-order chi connectivity index (χ1) is 13.6. The summed E-state index contributed by atoms with van der Waals surface area (Å²) in [5, 5.41) is 12.7. The Kier molecular flexibility index (Phi) is 7.42. The molecule has 0 fully saturated rings. The number of hydrogen-bond donors (Lipinski definition) is 1. The van der Waals surface area contributed by atoms with Crippen LogP contribution >= 0.6 is 35.1 Å². The van der Waals surface area contributed by atoms with Gasteiger partial charge in [0.25, 0.3) is 0 Å². The van der Waals surface area contributed by atoms with Crippen molar-refractivity contribution in [3.8, 4) is 0 Å². The van der Waals surface area contributed by atoms with Gasteiger partial charge in [-0.25, -0.2) is 0 Å². The number of aromatic nitrogens is 3. The SMILES string of the molecule is CCn1c(CSc2ccc(C)cc2)nnc1SCC(=O)Nc1ccccc1Cl. The normalized spacial score (nSPS) is 10.8. The molecule has 0 spiro atoms. The molecule has 3 rings (SSSR count). The van der Waals surface area contributed by atoms with Crippen molar-refractivity contribution in [2.75, 3.05) is 11.1 Å². The number of thioether (sulfide) groups is 2. The highest BCUT2D eigenvalue weighted by Gasteiger charge is 2.14. The highest BCUT2D eigenvalue weighted by Crippen LogP contribution is 2.25. The Morgan fingerprint density at radius 3 is 2.57 bits per heavy atom. The molecule has 1 aromatic heterocycles. The number of amides is 1. The summed E-state index contributed by atoms with van der Waals surface area (Å²) in [7, 11) is 0. The van der Waals surface area contributed by atoms with E-state index >= 15 is 0 Å². The molecule has 0 unspecified atom stereocenters. The monoisotopic (exact) mass is 432 g/mol. The second-order valence-electron chi connectivity index (χ2n) is 6.06. The molecule has 0 bridgehead atoms. The highest BCUT2D eigenvalue weighted by molar-refractivity contribution is 7.99. The number of hydrogen-bond acceptors (Lipinski definition) is 5. The molecule has 0 saturated carbocycles. The largest absolute Gasteiger partial charge is 0.324 e. The van der Waals surface area contributed by atoms with Crippen molar-refractivity contribution in [3.63, 3.8) is 0 Å². The summed E-state index contributed by atoms with van der Waals surface area (Å²) in [4.78, 5) is 13.4. The van der Waals surface area contributed by atoms with Gasteiger partial charge in [0.2, 0.25) is 5.91 Å². The third-order valence-electron chi connectivity index (χ3n) is 3.98. The van der Waals surface area contributed by atoms with Gasteiger partial charge >= 0.3 is 0 Å². The van der Waals surface area contributed by atoms with Gasteiger partial charge in [-0.15, -0.1) is 22.0 Å². The zero-order valence-electron chi connectivity index (χ0n) is 15.7. The average molecular weight is 433 g/mol. The second-order valence-corrected chi connectivity index (χ2v) is 8.46. The molecule has 1 N–H and O–H groups in total. The summed E-state index contributed by atoms with van der Waals surface area (Å²) in [6.45, 7) is 4.89. The van der Waals surface area contributed by atoms with Crippen LogP contribution in [-0.2, 0) is 17.1 Å². The van der Waals surface area contributed by atoms with E-state index in [0.29, 0.717) is 10.7 Å². The maximum atomic E-state index is 12.2. The summed E-state index contributed by atoms with van der Waals surface area (Å²) in [5.41, 5.74) is 1.86. The number of rotatable bonds is 8. The van der Waals surface area contributed by atoms with E-state index in [1.807, 2.05) is 12.1 Å². The van der Waals surface area contributed by atoms with E-state index in [1.165, 1.54) is 22.2 Å². The van der Waals surface area contributed by atoms with Gasteiger partial charge in [-0.05, 0) is 38.1 Å². The van der Waals surface area contributed by atoms with E-state index in [0.717, 1.165) is 23.3 Å². The van der Waals surface area contributed by atoms with Crippen LogP contribution in [0.15, 0.2) is 58.6 Å². The number of benzene rings is 2.